The summed E-state index contributed by atoms with van der Waals surface area (Å²) in [4.78, 5) is 22.3. The molecule has 2 aromatic rings. The molecular weight excluding hydrogens is 379 g/mol. The van der Waals surface area contributed by atoms with E-state index in [1.807, 2.05) is 12.1 Å². The number of hydrogen-bond acceptors (Lipinski definition) is 5. The summed E-state index contributed by atoms with van der Waals surface area (Å²) in [6.45, 7) is 0.213. The van der Waals surface area contributed by atoms with E-state index in [-0.39, 0.29) is 24.7 Å². The van der Waals surface area contributed by atoms with Crippen LogP contribution in [0.1, 0.15) is 11.1 Å². The lowest BCUT2D eigenvalue weighted by Crippen LogP contribution is -2.39. The number of amides is 1. The molecule has 1 heterocycles. The molecule has 0 aromatic heterocycles. The highest BCUT2D eigenvalue weighted by Gasteiger charge is 2.33. The molecule has 0 bridgehead atoms. The molecule has 28 heavy (non-hydrogen) atoms. The Labute approximate surface area is 157 Å². The molecule has 0 unspecified atom stereocenters. The molecule has 0 saturated heterocycles. The summed E-state index contributed by atoms with van der Waals surface area (Å²) in [6.07, 6.45) is -4.88. The van der Waals surface area contributed by atoms with Crippen LogP contribution in [0.25, 0.3) is 0 Å². The van der Waals surface area contributed by atoms with E-state index < -0.39 is 28.5 Å². The molecule has 1 aliphatic rings. The van der Waals surface area contributed by atoms with Crippen LogP contribution in [-0.4, -0.2) is 30.0 Å². The van der Waals surface area contributed by atoms with Crippen LogP contribution in [0.3, 0.4) is 0 Å². The molecule has 0 spiro atoms. The highest BCUT2D eigenvalue weighted by molar-refractivity contribution is 5.82. The lowest BCUT2D eigenvalue weighted by Gasteiger charge is -2.13. The van der Waals surface area contributed by atoms with Crippen LogP contribution >= 0.6 is 0 Å². The summed E-state index contributed by atoms with van der Waals surface area (Å²) in [5.74, 6) is 0.320. The number of hydrogen-bond donors (Lipinski definition) is 2. The van der Waals surface area contributed by atoms with Crippen molar-refractivity contribution in [2.24, 2.45) is 0 Å². The molecule has 10 heteroatoms. The Morgan fingerprint density at radius 1 is 1.21 bits per heavy atom. The Morgan fingerprint density at radius 2 is 1.96 bits per heavy atom. The van der Waals surface area contributed by atoms with E-state index in [1.165, 1.54) is 0 Å². The van der Waals surface area contributed by atoms with Crippen molar-refractivity contribution in [3.63, 3.8) is 0 Å². The van der Waals surface area contributed by atoms with Crippen LogP contribution in [0.5, 0.6) is 5.75 Å². The molecule has 148 valence electrons. The molecule has 3 rings (SSSR count). The number of halogens is 3. The largest absolute Gasteiger partial charge is 0.480 e. The van der Waals surface area contributed by atoms with Crippen LogP contribution in [0.15, 0.2) is 42.5 Å². The second-order valence-electron chi connectivity index (χ2n) is 6.12. The minimum absolute atomic E-state index is 0.0585. The van der Waals surface area contributed by atoms with Gasteiger partial charge in [0.05, 0.1) is 10.5 Å². The minimum Gasteiger partial charge on any atom is -0.480 e. The SMILES string of the molecule is O=C(NCCNc1ccc(C(F)(F)F)cc1[N+](=O)[O-])[C@@H]1Cc2ccccc2O1. The molecule has 0 fully saturated rings. The van der Waals surface area contributed by atoms with E-state index in [1.54, 1.807) is 12.1 Å². The van der Waals surface area contributed by atoms with Crippen molar-refractivity contribution < 1.29 is 27.6 Å². The average molecular weight is 395 g/mol. The number of carbonyl (C=O) groups is 1. The van der Waals surface area contributed by atoms with Gasteiger partial charge in [0.2, 0.25) is 0 Å². The van der Waals surface area contributed by atoms with Gasteiger partial charge in [-0.25, -0.2) is 0 Å². The molecule has 7 nitrogen and oxygen atoms in total. The smallest absolute Gasteiger partial charge is 0.416 e. The lowest BCUT2D eigenvalue weighted by atomic mass is 10.1. The standard InChI is InChI=1S/C18H16F3N3O4/c19-18(20,21)12-5-6-13(14(10-12)24(26)27)22-7-8-23-17(25)16-9-11-3-1-2-4-15(11)28-16/h1-6,10,16,22H,7-9H2,(H,23,25)/t16-/m0/s1. The minimum atomic E-state index is -4.67. The van der Waals surface area contributed by atoms with Gasteiger partial charge in [0, 0.05) is 25.6 Å². The predicted octanol–water partition coefficient (Wildman–Crippen LogP) is 3.15. The number of nitro benzene ring substituents is 1. The fraction of sp³-hybridized carbons (Fsp3) is 0.278. The Morgan fingerprint density at radius 3 is 2.64 bits per heavy atom. The Hall–Kier alpha value is -3.30. The number of nitro groups is 1. The first-order valence-corrected chi connectivity index (χ1v) is 8.37. The highest BCUT2D eigenvalue weighted by Crippen LogP contribution is 2.34. The monoisotopic (exact) mass is 395 g/mol. The highest BCUT2D eigenvalue weighted by atomic mass is 19.4. The maximum atomic E-state index is 12.7. The molecule has 2 N–H and O–H groups in total. The maximum Gasteiger partial charge on any atom is 0.416 e. The second kappa shape index (κ2) is 7.75. The summed E-state index contributed by atoms with van der Waals surface area (Å²) in [5, 5.41) is 16.3. The molecule has 2 aromatic carbocycles. The van der Waals surface area contributed by atoms with E-state index in [0.717, 1.165) is 17.7 Å². The Balaban J connectivity index is 1.53. The summed E-state index contributed by atoms with van der Waals surface area (Å²) in [6, 6.07) is 9.53. The normalized spacial score (nSPS) is 15.5. The number of alkyl halides is 3. The van der Waals surface area contributed by atoms with Crippen LogP contribution in [0.2, 0.25) is 0 Å². The summed E-state index contributed by atoms with van der Waals surface area (Å²) < 4.78 is 43.7. The van der Waals surface area contributed by atoms with E-state index in [0.29, 0.717) is 18.2 Å². The van der Waals surface area contributed by atoms with Crippen LogP contribution in [0, 0.1) is 10.1 Å². The van der Waals surface area contributed by atoms with Gasteiger partial charge >= 0.3 is 6.18 Å². The molecule has 0 saturated carbocycles. The van der Waals surface area contributed by atoms with Gasteiger partial charge < -0.3 is 15.4 Å². The number of ether oxygens (including phenoxy) is 1. The number of anilines is 1. The van der Waals surface area contributed by atoms with Crippen LogP contribution in [0.4, 0.5) is 24.5 Å². The van der Waals surface area contributed by atoms with E-state index >= 15 is 0 Å². The first-order valence-electron chi connectivity index (χ1n) is 8.37. The number of nitrogens with zero attached hydrogens (tertiary/aromatic N) is 1. The number of rotatable bonds is 6. The third-order valence-electron chi connectivity index (χ3n) is 4.20. The Kier molecular flexibility index (Phi) is 5.39. The zero-order valence-corrected chi connectivity index (χ0v) is 14.5. The van der Waals surface area contributed by atoms with Crippen molar-refractivity contribution in [2.75, 3.05) is 18.4 Å². The summed E-state index contributed by atoms with van der Waals surface area (Å²) in [7, 11) is 0. The lowest BCUT2D eigenvalue weighted by molar-refractivity contribution is -0.384. The zero-order chi connectivity index (χ0) is 20.3. The first-order chi connectivity index (χ1) is 13.3. The molecular formula is C18H16F3N3O4. The van der Waals surface area contributed by atoms with Gasteiger partial charge in [-0.1, -0.05) is 18.2 Å². The van der Waals surface area contributed by atoms with Crippen LogP contribution < -0.4 is 15.4 Å². The third-order valence-corrected chi connectivity index (χ3v) is 4.20. The van der Waals surface area contributed by atoms with Crippen molar-refractivity contribution >= 4 is 17.3 Å². The summed E-state index contributed by atoms with van der Waals surface area (Å²) in [5.41, 5.74) is -0.912. The van der Waals surface area contributed by atoms with Gasteiger partial charge in [0.15, 0.2) is 6.10 Å². The van der Waals surface area contributed by atoms with Crippen molar-refractivity contribution in [3.05, 3.63) is 63.7 Å². The number of benzene rings is 2. The van der Waals surface area contributed by atoms with Crippen LogP contribution in [-0.2, 0) is 17.4 Å². The fourth-order valence-corrected chi connectivity index (χ4v) is 2.83. The van der Waals surface area contributed by atoms with Gasteiger partial charge in [0.1, 0.15) is 11.4 Å². The van der Waals surface area contributed by atoms with Gasteiger partial charge in [-0.2, -0.15) is 13.2 Å². The topological polar surface area (TPSA) is 93.5 Å². The van der Waals surface area contributed by atoms with E-state index in [9.17, 15) is 28.1 Å². The van der Waals surface area contributed by atoms with Crippen molar-refractivity contribution in [1.82, 2.24) is 5.32 Å². The molecule has 1 amide bonds. The third kappa shape index (κ3) is 4.33. The predicted molar refractivity (Wildman–Crippen MR) is 94.2 cm³/mol. The van der Waals surface area contributed by atoms with E-state index in [4.69, 9.17) is 4.74 Å². The summed E-state index contributed by atoms with van der Waals surface area (Å²) >= 11 is 0. The average Bonchev–Trinajstić information content (AvgIpc) is 3.08. The molecule has 0 aliphatic carbocycles. The fourth-order valence-electron chi connectivity index (χ4n) is 2.83. The van der Waals surface area contributed by atoms with Gasteiger partial charge in [-0.05, 0) is 23.8 Å². The Bertz CT molecular complexity index is 877. The van der Waals surface area contributed by atoms with E-state index in [2.05, 4.69) is 10.6 Å². The molecule has 0 radical (unpaired) electrons. The van der Waals surface area contributed by atoms with Crippen molar-refractivity contribution in [2.45, 2.75) is 18.7 Å². The van der Waals surface area contributed by atoms with Crippen molar-refractivity contribution in [1.29, 1.82) is 0 Å². The van der Waals surface area contributed by atoms with Crippen molar-refractivity contribution in [3.8, 4) is 5.75 Å². The molecule has 1 atom stereocenters. The maximum absolute atomic E-state index is 12.7. The number of fused-ring (bicyclic) bond motifs is 1. The first kappa shape index (κ1) is 19.5. The zero-order valence-electron chi connectivity index (χ0n) is 14.5. The number of nitrogens with one attached hydrogen (secondary N) is 2. The number of carbonyl (C=O) groups excluding carboxylic acids is 1. The number of para-hydroxylation sites is 1. The van der Waals surface area contributed by atoms with Gasteiger partial charge in [-0.15, -0.1) is 0 Å². The second-order valence-corrected chi connectivity index (χ2v) is 6.12. The molecule has 1 aliphatic heterocycles. The van der Waals surface area contributed by atoms with Gasteiger partial charge in [0.25, 0.3) is 11.6 Å². The quantitative estimate of drug-likeness (QED) is 0.445. The van der Waals surface area contributed by atoms with Gasteiger partial charge in [-0.3, -0.25) is 14.9 Å².